The number of amides is 1. The first-order valence-corrected chi connectivity index (χ1v) is 10.8. The van der Waals surface area contributed by atoms with Gasteiger partial charge in [-0.1, -0.05) is 54.1 Å². The Morgan fingerprint density at radius 3 is 2.59 bits per heavy atom. The van der Waals surface area contributed by atoms with Crippen molar-refractivity contribution in [1.82, 2.24) is 29.5 Å². The van der Waals surface area contributed by atoms with E-state index in [0.29, 0.717) is 30.1 Å². The maximum Gasteiger partial charge on any atom is 0.220 e. The van der Waals surface area contributed by atoms with Gasteiger partial charge in [-0.3, -0.25) is 9.20 Å². The first-order chi connectivity index (χ1) is 15.7. The molecule has 8 heteroatoms. The van der Waals surface area contributed by atoms with Crippen molar-refractivity contribution in [2.45, 2.75) is 19.3 Å². The van der Waals surface area contributed by atoms with Gasteiger partial charge in [-0.2, -0.15) is 5.10 Å². The van der Waals surface area contributed by atoms with Gasteiger partial charge >= 0.3 is 0 Å². The summed E-state index contributed by atoms with van der Waals surface area (Å²) in [5.41, 5.74) is 4.57. The van der Waals surface area contributed by atoms with Crippen molar-refractivity contribution >= 4 is 28.7 Å². The van der Waals surface area contributed by atoms with Crippen molar-refractivity contribution in [2.24, 2.45) is 0 Å². The van der Waals surface area contributed by atoms with E-state index in [-0.39, 0.29) is 5.91 Å². The third kappa shape index (κ3) is 4.20. The lowest BCUT2D eigenvalue weighted by Crippen LogP contribution is -2.26. The average Bonchev–Trinajstić information content (AvgIpc) is 3.43. The zero-order valence-electron chi connectivity index (χ0n) is 17.3. The summed E-state index contributed by atoms with van der Waals surface area (Å²) in [6, 6.07) is 19.7. The summed E-state index contributed by atoms with van der Waals surface area (Å²) in [6.07, 6.45) is 5.43. The number of rotatable bonds is 7. The van der Waals surface area contributed by atoms with E-state index in [2.05, 4.69) is 32.7 Å². The minimum absolute atomic E-state index is 0.00753. The van der Waals surface area contributed by atoms with Gasteiger partial charge < -0.3 is 5.32 Å². The summed E-state index contributed by atoms with van der Waals surface area (Å²) in [5, 5.41) is 17.0. The molecular formula is C24H21ClN6O. The van der Waals surface area contributed by atoms with Crippen LogP contribution in [0.15, 0.2) is 73.1 Å². The van der Waals surface area contributed by atoms with Crippen molar-refractivity contribution in [2.75, 3.05) is 6.54 Å². The molecule has 3 heterocycles. The minimum atomic E-state index is 0.00753. The molecule has 0 aliphatic rings. The number of hydrogen-bond acceptors (Lipinski definition) is 4. The quantitative estimate of drug-likeness (QED) is 0.412. The number of hydrogen-bond donors (Lipinski definition) is 1. The lowest BCUT2D eigenvalue weighted by molar-refractivity contribution is -0.121. The predicted octanol–water partition coefficient (Wildman–Crippen LogP) is 3.99. The van der Waals surface area contributed by atoms with Crippen LogP contribution in [0, 0.1) is 0 Å². The number of halogens is 1. The van der Waals surface area contributed by atoms with Crippen molar-refractivity contribution in [3.8, 4) is 11.3 Å². The molecule has 5 rings (SSSR count). The average molecular weight is 445 g/mol. The summed E-state index contributed by atoms with van der Waals surface area (Å²) >= 11 is 5.99. The molecule has 32 heavy (non-hydrogen) atoms. The number of benzene rings is 2. The Kier molecular flexibility index (Phi) is 5.56. The highest BCUT2D eigenvalue weighted by atomic mass is 35.5. The largest absolute Gasteiger partial charge is 0.356 e. The number of carbonyl (C=O) groups excluding carboxylic acids is 1. The number of carbonyl (C=O) groups is 1. The summed E-state index contributed by atoms with van der Waals surface area (Å²) < 4.78 is 3.70. The van der Waals surface area contributed by atoms with Crippen LogP contribution in [0.2, 0.25) is 5.02 Å². The fourth-order valence-electron chi connectivity index (χ4n) is 3.70. The standard InChI is InChI=1S/C24H21ClN6O/c25-19-8-6-18(7-9-19)20-16-21-24-28-27-22(30(24)14-15-31(21)29-20)10-11-23(32)26-13-12-17-4-2-1-3-5-17/h1-9,14-16H,10-13H2,(H,26,32). The number of aromatic nitrogens is 5. The first-order valence-electron chi connectivity index (χ1n) is 10.5. The van der Waals surface area contributed by atoms with Crippen LogP contribution < -0.4 is 5.32 Å². The van der Waals surface area contributed by atoms with E-state index in [1.807, 2.05) is 65.3 Å². The second kappa shape index (κ2) is 8.80. The Labute approximate surface area is 189 Å². The monoisotopic (exact) mass is 444 g/mol. The Bertz CT molecular complexity index is 1370. The van der Waals surface area contributed by atoms with Crippen molar-refractivity contribution < 1.29 is 4.79 Å². The summed E-state index contributed by atoms with van der Waals surface area (Å²) in [6.45, 7) is 0.618. The topological polar surface area (TPSA) is 76.6 Å². The van der Waals surface area contributed by atoms with E-state index in [4.69, 9.17) is 11.6 Å². The maximum atomic E-state index is 12.3. The van der Waals surface area contributed by atoms with Gasteiger partial charge in [-0.15, -0.1) is 10.2 Å². The molecule has 0 atom stereocenters. The summed E-state index contributed by atoms with van der Waals surface area (Å²) in [7, 11) is 0. The predicted molar refractivity (Wildman–Crippen MR) is 124 cm³/mol. The van der Waals surface area contributed by atoms with E-state index < -0.39 is 0 Å². The molecule has 0 saturated carbocycles. The molecule has 0 aliphatic heterocycles. The van der Waals surface area contributed by atoms with Gasteiger partial charge in [0, 0.05) is 42.4 Å². The number of aryl methyl sites for hydroxylation is 1. The fraction of sp³-hybridized carbons (Fsp3) is 0.167. The zero-order chi connectivity index (χ0) is 21.9. The number of fused-ring (bicyclic) bond motifs is 3. The number of nitrogens with one attached hydrogen (secondary N) is 1. The highest BCUT2D eigenvalue weighted by Crippen LogP contribution is 2.23. The van der Waals surface area contributed by atoms with Gasteiger partial charge in [-0.25, -0.2) is 4.52 Å². The molecule has 0 fully saturated rings. The van der Waals surface area contributed by atoms with Gasteiger partial charge in [-0.05, 0) is 30.2 Å². The van der Waals surface area contributed by atoms with Gasteiger partial charge in [0.25, 0.3) is 0 Å². The Morgan fingerprint density at radius 1 is 0.969 bits per heavy atom. The van der Waals surface area contributed by atoms with E-state index in [1.165, 1.54) is 5.56 Å². The van der Waals surface area contributed by atoms with Crippen molar-refractivity contribution in [3.63, 3.8) is 0 Å². The van der Waals surface area contributed by atoms with Gasteiger partial charge in [0.05, 0.1) is 5.69 Å². The first kappa shape index (κ1) is 20.2. The van der Waals surface area contributed by atoms with Crippen LogP contribution in [-0.2, 0) is 17.6 Å². The number of nitrogens with zero attached hydrogens (tertiary/aromatic N) is 5. The maximum absolute atomic E-state index is 12.3. The van der Waals surface area contributed by atoms with Crippen LogP contribution in [0.1, 0.15) is 17.8 Å². The Balaban J connectivity index is 1.27. The van der Waals surface area contributed by atoms with E-state index >= 15 is 0 Å². The molecule has 0 aliphatic carbocycles. The van der Waals surface area contributed by atoms with Crippen molar-refractivity contribution in [1.29, 1.82) is 0 Å². The van der Waals surface area contributed by atoms with E-state index in [1.54, 1.807) is 4.52 Å². The third-order valence-electron chi connectivity index (χ3n) is 5.38. The Morgan fingerprint density at radius 2 is 1.78 bits per heavy atom. The molecule has 3 aromatic heterocycles. The Hall–Kier alpha value is -3.71. The second-order valence-electron chi connectivity index (χ2n) is 7.56. The minimum Gasteiger partial charge on any atom is -0.356 e. The summed E-state index contributed by atoms with van der Waals surface area (Å²) in [4.78, 5) is 12.3. The molecule has 2 aromatic carbocycles. The molecule has 160 valence electrons. The van der Waals surface area contributed by atoms with Crippen LogP contribution in [0.5, 0.6) is 0 Å². The zero-order valence-corrected chi connectivity index (χ0v) is 18.0. The van der Waals surface area contributed by atoms with Crippen LogP contribution in [0.3, 0.4) is 0 Å². The molecule has 1 amide bonds. The molecule has 0 bridgehead atoms. The SMILES string of the molecule is O=C(CCc1nnc2c3cc(-c4ccc(Cl)cc4)nn3ccn12)NCCc1ccccc1. The normalized spacial score (nSPS) is 11.3. The molecule has 0 spiro atoms. The lowest BCUT2D eigenvalue weighted by atomic mass is 10.1. The van der Waals surface area contributed by atoms with E-state index in [9.17, 15) is 4.79 Å². The van der Waals surface area contributed by atoms with Gasteiger partial charge in [0.2, 0.25) is 5.91 Å². The molecule has 0 radical (unpaired) electrons. The molecule has 0 saturated heterocycles. The van der Waals surface area contributed by atoms with Crippen molar-refractivity contribution in [3.05, 3.63) is 89.5 Å². The van der Waals surface area contributed by atoms with Crippen LogP contribution in [-0.4, -0.2) is 36.7 Å². The highest BCUT2D eigenvalue weighted by molar-refractivity contribution is 6.30. The second-order valence-corrected chi connectivity index (χ2v) is 8.00. The van der Waals surface area contributed by atoms with Gasteiger partial charge in [0.1, 0.15) is 11.3 Å². The van der Waals surface area contributed by atoms with Crippen LogP contribution >= 0.6 is 11.6 Å². The third-order valence-corrected chi connectivity index (χ3v) is 5.63. The molecule has 7 nitrogen and oxygen atoms in total. The van der Waals surface area contributed by atoms with E-state index in [0.717, 1.165) is 29.0 Å². The molecule has 1 N–H and O–H groups in total. The molecular weight excluding hydrogens is 424 g/mol. The lowest BCUT2D eigenvalue weighted by Gasteiger charge is -2.05. The fourth-order valence-corrected chi connectivity index (χ4v) is 3.82. The van der Waals surface area contributed by atoms with Crippen LogP contribution in [0.25, 0.3) is 22.4 Å². The van der Waals surface area contributed by atoms with Gasteiger partial charge in [0.15, 0.2) is 5.65 Å². The smallest absolute Gasteiger partial charge is 0.220 e. The highest BCUT2D eigenvalue weighted by Gasteiger charge is 2.13. The molecule has 5 aromatic rings. The summed E-state index contributed by atoms with van der Waals surface area (Å²) in [5.74, 6) is 0.753. The van der Waals surface area contributed by atoms with Crippen LogP contribution in [0.4, 0.5) is 0 Å². The molecule has 0 unspecified atom stereocenters.